The van der Waals surface area contributed by atoms with Gasteiger partial charge in [-0.15, -0.1) is 0 Å². The number of pyridine rings is 1. The number of halogens is 1. The van der Waals surface area contributed by atoms with Gasteiger partial charge in [-0.1, -0.05) is 5.16 Å². The molecular weight excluding hydrogens is 318 g/mol. The Kier molecular flexibility index (Phi) is 4.11. The molecule has 0 aliphatic heterocycles. The highest BCUT2D eigenvalue weighted by atomic mass is 79.9. The van der Waals surface area contributed by atoms with Crippen molar-refractivity contribution in [1.82, 2.24) is 15.0 Å². The summed E-state index contributed by atoms with van der Waals surface area (Å²) in [5, 5.41) is 12.7. The molecule has 0 aromatic carbocycles. The van der Waals surface area contributed by atoms with Crippen LogP contribution >= 0.6 is 27.7 Å². The summed E-state index contributed by atoms with van der Waals surface area (Å²) in [6.07, 6.45) is 3.23. The maximum Gasteiger partial charge on any atom is 0.194 e. The van der Waals surface area contributed by atoms with E-state index in [1.165, 1.54) is 11.8 Å². The van der Waals surface area contributed by atoms with E-state index in [1.807, 2.05) is 12.1 Å². The molecule has 0 fully saturated rings. The van der Waals surface area contributed by atoms with E-state index in [1.54, 1.807) is 18.5 Å². The molecule has 8 heteroatoms. The van der Waals surface area contributed by atoms with Crippen molar-refractivity contribution in [3.05, 3.63) is 40.8 Å². The van der Waals surface area contributed by atoms with Crippen LogP contribution in [0, 0.1) is 0 Å². The Balaban J connectivity index is 2.22. The Morgan fingerprint density at radius 1 is 1.33 bits per heavy atom. The number of hydrogen-bond donors (Lipinski definition) is 2. The highest BCUT2D eigenvalue weighted by molar-refractivity contribution is 9.10. The zero-order chi connectivity index (χ0) is 13.0. The summed E-state index contributed by atoms with van der Waals surface area (Å²) in [5.74, 6) is -0.0528. The lowest BCUT2D eigenvalue weighted by Crippen LogP contribution is -2.15. The summed E-state index contributed by atoms with van der Waals surface area (Å²) in [6, 6.07) is 5.28. The van der Waals surface area contributed by atoms with Crippen LogP contribution in [0.1, 0.15) is 5.69 Å². The van der Waals surface area contributed by atoms with E-state index in [0.717, 1.165) is 9.50 Å². The molecular formula is C10H8BrN5OS. The van der Waals surface area contributed by atoms with E-state index in [0.29, 0.717) is 10.9 Å². The number of aromatic nitrogens is 3. The molecule has 0 aliphatic carbocycles. The third-order valence-corrected chi connectivity index (χ3v) is 3.20. The van der Waals surface area contributed by atoms with Crippen LogP contribution in [0.25, 0.3) is 0 Å². The second-order valence-electron chi connectivity index (χ2n) is 3.13. The second kappa shape index (κ2) is 5.78. The first-order valence-corrected chi connectivity index (χ1v) is 6.40. The van der Waals surface area contributed by atoms with Crippen molar-refractivity contribution >= 4 is 33.5 Å². The van der Waals surface area contributed by atoms with Crippen LogP contribution in [-0.4, -0.2) is 26.0 Å². The topological polar surface area (TPSA) is 97.3 Å². The van der Waals surface area contributed by atoms with E-state index < -0.39 is 0 Å². The molecule has 0 amide bonds. The van der Waals surface area contributed by atoms with Gasteiger partial charge in [-0.3, -0.25) is 0 Å². The van der Waals surface area contributed by atoms with E-state index in [2.05, 4.69) is 36.0 Å². The van der Waals surface area contributed by atoms with Crippen LogP contribution in [0.2, 0.25) is 0 Å². The lowest BCUT2D eigenvalue weighted by molar-refractivity contribution is 0.318. The molecule has 6 nitrogen and oxygen atoms in total. The van der Waals surface area contributed by atoms with Gasteiger partial charge in [-0.2, -0.15) is 0 Å². The van der Waals surface area contributed by atoms with Gasteiger partial charge in [-0.25, -0.2) is 15.0 Å². The molecule has 0 saturated heterocycles. The Morgan fingerprint density at radius 3 is 2.83 bits per heavy atom. The number of amidine groups is 1. The first-order valence-electron chi connectivity index (χ1n) is 4.79. The fraction of sp³-hybridized carbons (Fsp3) is 0. The second-order valence-corrected chi connectivity index (χ2v) is 5.03. The lowest BCUT2D eigenvalue weighted by Gasteiger charge is -2.01. The minimum Gasteiger partial charge on any atom is -0.409 e. The van der Waals surface area contributed by atoms with Gasteiger partial charge in [0.25, 0.3) is 0 Å². The lowest BCUT2D eigenvalue weighted by atomic mass is 10.4. The third-order valence-electron chi connectivity index (χ3n) is 1.90. The van der Waals surface area contributed by atoms with Gasteiger partial charge >= 0.3 is 0 Å². The predicted octanol–water partition coefficient (Wildman–Crippen LogP) is 1.88. The predicted molar refractivity (Wildman–Crippen MR) is 70.6 cm³/mol. The summed E-state index contributed by atoms with van der Waals surface area (Å²) in [4.78, 5) is 12.4. The molecule has 0 saturated carbocycles. The Hall–Kier alpha value is -1.67. The van der Waals surface area contributed by atoms with Crippen molar-refractivity contribution in [2.24, 2.45) is 10.9 Å². The zero-order valence-electron chi connectivity index (χ0n) is 8.99. The van der Waals surface area contributed by atoms with Gasteiger partial charge in [0.2, 0.25) is 0 Å². The minimum absolute atomic E-state index is 0.0528. The first kappa shape index (κ1) is 12.8. The zero-order valence-corrected chi connectivity index (χ0v) is 11.4. The highest BCUT2D eigenvalue weighted by Gasteiger charge is 2.06. The molecule has 92 valence electrons. The third kappa shape index (κ3) is 3.17. The molecule has 3 N–H and O–H groups in total. The van der Waals surface area contributed by atoms with Gasteiger partial charge in [-0.05, 0) is 45.9 Å². The average Bonchev–Trinajstić information content (AvgIpc) is 2.41. The van der Waals surface area contributed by atoms with E-state index in [-0.39, 0.29) is 5.84 Å². The van der Waals surface area contributed by atoms with Gasteiger partial charge in [0.05, 0.1) is 0 Å². The molecule has 2 aromatic heterocycles. The number of oxime groups is 1. The van der Waals surface area contributed by atoms with Crippen molar-refractivity contribution in [3.8, 4) is 0 Å². The van der Waals surface area contributed by atoms with Crippen LogP contribution in [0.15, 0.2) is 50.4 Å². The molecule has 18 heavy (non-hydrogen) atoms. The summed E-state index contributed by atoms with van der Waals surface area (Å²) in [7, 11) is 0. The summed E-state index contributed by atoms with van der Waals surface area (Å²) in [5.41, 5.74) is 5.82. The monoisotopic (exact) mass is 325 g/mol. The first-order chi connectivity index (χ1) is 8.69. The normalized spacial score (nSPS) is 11.5. The van der Waals surface area contributed by atoms with Crippen LogP contribution in [0.5, 0.6) is 0 Å². The van der Waals surface area contributed by atoms with Crippen molar-refractivity contribution < 1.29 is 5.21 Å². The molecule has 2 rings (SSSR count). The van der Waals surface area contributed by atoms with Crippen LogP contribution < -0.4 is 5.73 Å². The number of nitrogens with zero attached hydrogens (tertiary/aromatic N) is 4. The SMILES string of the molecule is N/C(=N/O)c1ccnc(Sc2ccc(Br)cn2)n1. The van der Waals surface area contributed by atoms with Crippen molar-refractivity contribution in [3.63, 3.8) is 0 Å². The molecule has 0 unspecified atom stereocenters. The van der Waals surface area contributed by atoms with Crippen LogP contribution in [0.4, 0.5) is 0 Å². The minimum atomic E-state index is -0.0528. The van der Waals surface area contributed by atoms with Crippen LogP contribution in [0.3, 0.4) is 0 Å². The molecule has 2 aromatic rings. The smallest absolute Gasteiger partial charge is 0.194 e. The Bertz CT molecular complexity index is 575. The molecule has 2 heterocycles. The van der Waals surface area contributed by atoms with Gasteiger partial charge in [0.15, 0.2) is 11.0 Å². The largest absolute Gasteiger partial charge is 0.409 e. The Labute approximate surface area is 115 Å². The quantitative estimate of drug-likeness (QED) is 0.294. The summed E-state index contributed by atoms with van der Waals surface area (Å²) < 4.78 is 0.901. The summed E-state index contributed by atoms with van der Waals surface area (Å²) in [6.45, 7) is 0. The number of rotatable bonds is 3. The number of hydrogen-bond acceptors (Lipinski definition) is 6. The van der Waals surface area contributed by atoms with E-state index >= 15 is 0 Å². The fourth-order valence-corrected chi connectivity index (χ4v) is 2.02. The van der Waals surface area contributed by atoms with Crippen molar-refractivity contribution in [1.29, 1.82) is 0 Å². The van der Waals surface area contributed by atoms with Gasteiger partial charge in [0, 0.05) is 16.9 Å². The van der Waals surface area contributed by atoms with E-state index in [9.17, 15) is 0 Å². The average molecular weight is 326 g/mol. The molecule has 0 radical (unpaired) electrons. The fourth-order valence-electron chi connectivity index (χ4n) is 1.10. The Morgan fingerprint density at radius 2 is 2.17 bits per heavy atom. The molecule has 0 atom stereocenters. The highest BCUT2D eigenvalue weighted by Crippen LogP contribution is 2.23. The van der Waals surface area contributed by atoms with Gasteiger partial charge in [0.1, 0.15) is 10.7 Å². The standard InChI is InChI=1S/C10H8BrN5OS/c11-6-1-2-8(14-5-6)18-10-13-4-3-7(15-10)9(12)16-17/h1-5,17H,(H2,12,16). The molecule has 0 bridgehead atoms. The maximum absolute atomic E-state index is 8.58. The van der Waals surface area contributed by atoms with Crippen LogP contribution in [-0.2, 0) is 0 Å². The molecule has 0 spiro atoms. The van der Waals surface area contributed by atoms with Crippen molar-refractivity contribution in [2.45, 2.75) is 10.2 Å². The molecule has 0 aliphatic rings. The number of nitrogens with two attached hydrogens (primary N) is 1. The van der Waals surface area contributed by atoms with E-state index in [4.69, 9.17) is 10.9 Å². The maximum atomic E-state index is 8.58. The van der Waals surface area contributed by atoms with Crippen molar-refractivity contribution in [2.75, 3.05) is 0 Å². The summed E-state index contributed by atoms with van der Waals surface area (Å²) >= 11 is 4.60. The van der Waals surface area contributed by atoms with Gasteiger partial charge < -0.3 is 10.9 Å².